The Morgan fingerprint density at radius 1 is 1.32 bits per heavy atom. The van der Waals surface area contributed by atoms with Crippen molar-refractivity contribution in [3.05, 3.63) is 22.6 Å². The summed E-state index contributed by atoms with van der Waals surface area (Å²) in [7, 11) is 0. The first-order valence-corrected chi connectivity index (χ1v) is 9.27. The number of piperidine rings is 1. The summed E-state index contributed by atoms with van der Waals surface area (Å²) in [6.07, 6.45) is 8.01. The van der Waals surface area contributed by atoms with Gasteiger partial charge in [0.25, 0.3) is 0 Å². The van der Waals surface area contributed by atoms with Gasteiger partial charge in [0.1, 0.15) is 16.4 Å². The zero-order valence-corrected chi connectivity index (χ0v) is 14.9. The predicted octanol–water partition coefficient (Wildman–Crippen LogP) is 4.38. The first-order chi connectivity index (χ1) is 10.7. The van der Waals surface area contributed by atoms with E-state index in [1.165, 1.54) is 43.2 Å². The molecule has 1 aliphatic carbocycles. The number of nitrogens with zero attached hydrogens (tertiary/aromatic N) is 4. The molecule has 1 saturated heterocycles. The fourth-order valence-electron chi connectivity index (χ4n) is 3.85. The minimum atomic E-state index is 0.600. The van der Waals surface area contributed by atoms with Gasteiger partial charge in [0, 0.05) is 12.6 Å². The van der Waals surface area contributed by atoms with E-state index < -0.39 is 0 Å². The van der Waals surface area contributed by atoms with Gasteiger partial charge in [-0.25, -0.2) is 9.50 Å². The van der Waals surface area contributed by atoms with E-state index in [2.05, 4.69) is 45.8 Å². The highest BCUT2D eigenvalue weighted by molar-refractivity contribution is 9.10. The number of rotatable bonds is 3. The number of halogens is 1. The molecule has 4 rings (SSSR count). The molecule has 0 radical (unpaired) electrons. The van der Waals surface area contributed by atoms with Crippen LogP contribution in [0.1, 0.15) is 57.4 Å². The number of anilines is 1. The first kappa shape index (κ1) is 14.5. The molecule has 2 aromatic rings. The summed E-state index contributed by atoms with van der Waals surface area (Å²) in [4.78, 5) is 7.25. The van der Waals surface area contributed by atoms with Crippen LogP contribution in [0.25, 0.3) is 5.52 Å². The van der Waals surface area contributed by atoms with Crippen LogP contribution < -0.4 is 4.90 Å². The monoisotopic (exact) mass is 362 g/mol. The van der Waals surface area contributed by atoms with Crippen LogP contribution in [0.4, 0.5) is 5.82 Å². The average Bonchev–Trinajstić information content (AvgIpc) is 3.32. The zero-order chi connectivity index (χ0) is 15.3. The topological polar surface area (TPSA) is 33.4 Å². The minimum Gasteiger partial charge on any atom is -0.352 e. The number of aromatic nitrogens is 3. The van der Waals surface area contributed by atoms with Crippen molar-refractivity contribution < 1.29 is 0 Å². The largest absolute Gasteiger partial charge is 0.352 e. The van der Waals surface area contributed by atoms with Crippen molar-refractivity contribution in [2.45, 2.75) is 57.9 Å². The number of fused-ring (bicyclic) bond motifs is 1. The van der Waals surface area contributed by atoms with Gasteiger partial charge in [0.2, 0.25) is 0 Å². The summed E-state index contributed by atoms with van der Waals surface area (Å²) in [5.41, 5.74) is 2.65. The van der Waals surface area contributed by atoms with E-state index in [-0.39, 0.29) is 0 Å². The van der Waals surface area contributed by atoms with Gasteiger partial charge in [-0.1, -0.05) is 13.8 Å². The maximum absolute atomic E-state index is 4.71. The molecule has 0 N–H and O–H groups in total. The fraction of sp³-hybridized carbons (Fsp3) is 0.647. The third-order valence-electron chi connectivity index (χ3n) is 5.26. The van der Waals surface area contributed by atoms with E-state index in [4.69, 9.17) is 4.98 Å². The van der Waals surface area contributed by atoms with Crippen LogP contribution in [0.15, 0.2) is 17.0 Å². The Bertz CT molecular complexity index is 691. The molecular weight excluding hydrogens is 340 g/mol. The molecule has 0 unspecified atom stereocenters. The highest BCUT2D eigenvalue weighted by Gasteiger charge is 2.32. The molecule has 2 atom stereocenters. The lowest BCUT2D eigenvalue weighted by Gasteiger charge is -2.39. The molecule has 1 saturated carbocycles. The Kier molecular flexibility index (Phi) is 3.63. The molecule has 3 heterocycles. The maximum Gasteiger partial charge on any atom is 0.157 e. The normalized spacial score (nSPS) is 25.9. The van der Waals surface area contributed by atoms with Crippen LogP contribution in [0.3, 0.4) is 0 Å². The van der Waals surface area contributed by atoms with Crippen LogP contribution in [-0.2, 0) is 0 Å². The molecular formula is C17H23BrN4. The van der Waals surface area contributed by atoms with Crippen LogP contribution in [0.2, 0.25) is 0 Å². The van der Waals surface area contributed by atoms with Crippen molar-refractivity contribution in [3.8, 4) is 0 Å². The van der Waals surface area contributed by atoms with Crippen molar-refractivity contribution in [2.75, 3.05) is 11.4 Å². The van der Waals surface area contributed by atoms with E-state index in [1.807, 2.05) is 4.52 Å². The lowest BCUT2D eigenvalue weighted by atomic mass is 9.91. The minimum absolute atomic E-state index is 0.600. The van der Waals surface area contributed by atoms with Crippen molar-refractivity contribution in [1.29, 1.82) is 0 Å². The zero-order valence-electron chi connectivity index (χ0n) is 13.3. The molecule has 0 bridgehead atoms. The van der Waals surface area contributed by atoms with Gasteiger partial charge in [-0.3, -0.25) is 0 Å². The summed E-state index contributed by atoms with van der Waals surface area (Å²) in [6.45, 7) is 5.78. The van der Waals surface area contributed by atoms with Gasteiger partial charge in [-0.05, 0) is 71.5 Å². The second-order valence-corrected chi connectivity index (χ2v) is 7.74. The molecule has 2 aliphatic rings. The lowest BCUT2D eigenvalue weighted by molar-refractivity contribution is 0.355. The maximum atomic E-state index is 4.71. The Morgan fingerprint density at radius 2 is 2.14 bits per heavy atom. The molecule has 2 fully saturated rings. The van der Waals surface area contributed by atoms with Crippen molar-refractivity contribution in [1.82, 2.24) is 14.6 Å². The molecule has 1 aliphatic heterocycles. The highest BCUT2D eigenvalue weighted by atomic mass is 79.9. The van der Waals surface area contributed by atoms with E-state index in [0.717, 1.165) is 22.9 Å². The fourth-order valence-corrected chi connectivity index (χ4v) is 4.37. The van der Waals surface area contributed by atoms with E-state index in [1.54, 1.807) is 6.33 Å². The van der Waals surface area contributed by atoms with Crippen LogP contribution in [-0.4, -0.2) is 27.2 Å². The van der Waals surface area contributed by atoms with Gasteiger partial charge in [0.05, 0.1) is 0 Å². The van der Waals surface area contributed by atoms with Crippen molar-refractivity contribution in [3.63, 3.8) is 0 Å². The first-order valence-electron chi connectivity index (χ1n) is 8.47. The van der Waals surface area contributed by atoms with Crippen molar-refractivity contribution in [2.24, 2.45) is 5.92 Å². The molecule has 0 amide bonds. The number of hydrogen-bond acceptors (Lipinski definition) is 3. The van der Waals surface area contributed by atoms with Gasteiger partial charge >= 0.3 is 0 Å². The van der Waals surface area contributed by atoms with Crippen LogP contribution in [0, 0.1) is 5.92 Å². The van der Waals surface area contributed by atoms with Crippen LogP contribution in [0.5, 0.6) is 0 Å². The summed E-state index contributed by atoms with van der Waals surface area (Å²) in [5.74, 6) is 2.66. The Balaban J connectivity index is 1.83. The SMILES string of the molecule is CC[C@@H]1C[C@H](C)CCN1c1ncnn2c(Br)cc(C3CC3)c12. The average molecular weight is 363 g/mol. The molecule has 4 nitrogen and oxygen atoms in total. The van der Waals surface area contributed by atoms with E-state index in [9.17, 15) is 0 Å². The molecule has 0 aromatic carbocycles. The Hall–Kier alpha value is -1.10. The quantitative estimate of drug-likeness (QED) is 0.811. The summed E-state index contributed by atoms with van der Waals surface area (Å²) >= 11 is 3.67. The summed E-state index contributed by atoms with van der Waals surface area (Å²) in [5, 5.41) is 4.46. The second kappa shape index (κ2) is 5.52. The van der Waals surface area contributed by atoms with Crippen molar-refractivity contribution >= 4 is 27.3 Å². The lowest BCUT2D eigenvalue weighted by Crippen LogP contribution is -2.42. The van der Waals surface area contributed by atoms with Crippen LogP contribution >= 0.6 is 15.9 Å². The van der Waals surface area contributed by atoms with E-state index in [0.29, 0.717) is 12.0 Å². The standard InChI is InChI=1S/C17H23BrN4/c1-3-13-8-11(2)6-7-21(13)17-16-14(12-4-5-12)9-15(18)22(16)20-10-19-17/h9-13H,3-8H2,1-2H3/t11-,13-/m1/s1. The molecule has 2 aromatic heterocycles. The second-order valence-electron chi connectivity index (χ2n) is 6.93. The molecule has 118 valence electrons. The van der Waals surface area contributed by atoms with Gasteiger partial charge in [-0.15, -0.1) is 0 Å². The highest BCUT2D eigenvalue weighted by Crippen LogP contribution is 2.46. The molecule has 5 heteroatoms. The van der Waals surface area contributed by atoms with Gasteiger partial charge < -0.3 is 4.90 Å². The number of hydrogen-bond donors (Lipinski definition) is 0. The Morgan fingerprint density at radius 3 is 2.86 bits per heavy atom. The predicted molar refractivity (Wildman–Crippen MR) is 92.5 cm³/mol. The van der Waals surface area contributed by atoms with E-state index >= 15 is 0 Å². The third-order valence-corrected chi connectivity index (χ3v) is 5.82. The summed E-state index contributed by atoms with van der Waals surface area (Å²) in [6, 6.07) is 2.85. The molecule has 0 spiro atoms. The molecule has 22 heavy (non-hydrogen) atoms. The van der Waals surface area contributed by atoms with Gasteiger partial charge in [0.15, 0.2) is 5.82 Å². The smallest absolute Gasteiger partial charge is 0.157 e. The third kappa shape index (κ3) is 2.34. The van der Waals surface area contributed by atoms with Gasteiger partial charge in [-0.2, -0.15) is 5.10 Å². The summed E-state index contributed by atoms with van der Waals surface area (Å²) < 4.78 is 3.08. The Labute approximate surface area is 140 Å².